The molecule has 1 aromatic carbocycles. The van der Waals surface area contributed by atoms with E-state index in [0.717, 1.165) is 5.56 Å². The highest BCUT2D eigenvalue weighted by Gasteiger charge is 2.17. The molecule has 0 saturated carbocycles. The van der Waals surface area contributed by atoms with E-state index in [1.54, 1.807) is 6.33 Å². The van der Waals surface area contributed by atoms with Crippen LogP contribution >= 0.6 is 12.2 Å². The number of benzene rings is 1. The summed E-state index contributed by atoms with van der Waals surface area (Å²) in [4.78, 5) is 12.9. The van der Waals surface area contributed by atoms with Crippen LogP contribution in [0.5, 0.6) is 0 Å². The standard InChI is InChI=1S/C14H14N6S/c15-12-11-14(18-7-17-12)20(8-19-11)6-10(13(16)21)9-4-2-1-3-5-9/h1-5,7-8,10H,6H2,(H2,16,21)(H2,15,17,18). The van der Waals surface area contributed by atoms with E-state index in [-0.39, 0.29) is 5.92 Å². The fraction of sp³-hybridized carbons (Fsp3) is 0.143. The Labute approximate surface area is 126 Å². The molecule has 7 heteroatoms. The first-order valence-electron chi connectivity index (χ1n) is 6.42. The largest absolute Gasteiger partial charge is 0.393 e. The second-order valence-corrected chi connectivity index (χ2v) is 5.17. The maximum Gasteiger partial charge on any atom is 0.165 e. The predicted molar refractivity (Wildman–Crippen MR) is 85.7 cm³/mol. The van der Waals surface area contributed by atoms with Crippen LogP contribution < -0.4 is 11.5 Å². The molecule has 0 radical (unpaired) electrons. The van der Waals surface area contributed by atoms with Gasteiger partial charge >= 0.3 is 0 Å². The van der Waals surface area contributed by atoms with E-state index in [4.69, 9.17) is 23.7 Å². The molecule has 0 aliphatic heterocycles. The van der Waals surface area contributed by atoms with E-state index in [9.17, 15) is 0 Å². The average Bonchev–Trinajstić information content (AvgIpc) is 2.90. The van der Waals surface area contributed by atoms with E-state index < -0.39 is 0 Å². The summed E-state index contributed by atoms with van der Waals surface area (Å²) in [6, 6.07) is 9.90. The first-order chi connectivity index (χ1) is 10.2. The minimum atomic E-state index is -0.0882. The van der Waals surface area contributed by atoms with Gasteiger partial charge in [0.25, 0.3) is 0 Å². The summed E-state index contributed by atoms with van der Waals surface area (Å²) in [6.07, 6.45) is 3.11. The Morgan fingerprint density at radius 2 is 1.95 bits per heavy atom. The first-order valence-corrected chi connectivity index (χ1v) is 6.83. The van der Waals surface area contributed by atoms with E-state index in [2.05, 4.69) is 15.0 Å². The van der Waals surface area contributed by atoms with Gasteiger partial charge in [-0.25, -0.2) is 15.0 Å². The van der Waals surface area contributed by atoms with Gasteiger partial charge < -0.3 is 16.0 Å². The fourth-order valence-electron chi connectivity index (χ4n) is 2.27. The van der Waals surface area contributed by atoms with Gasteiger partial charge in [0.2, 0.25) is 0 Å². The van der Waals surface area contributed by atoms with Crippen LogP contribution in [0.25, 0.3) is 11.2 Å². The normalized spacial score (nSPS) is 12.4. The molecular formula is C14H14N6S. The van der Waals surface area contributed by atoms with E-state index in [1.165, 1.54) is 6.33 Å². The smallest absolute Gasteiger partial charge is 0.165 e. The maximum atomic E-state index is 5.90. The monoisotopic (exact) mass is 298 g/mol. The minimum Gasteiger partial charge on any atom is -0.393 e. The molecule has 3 rings (SSSR count). The Balaban J connectivity index is 1.99. The SMILES string of the molecule is NC(=S)C(Cn1cnc2c(N)ncnc21)c1ccccc1. The van der Waals surface area contributed by atoms with Crippen LogP contribution in [0.1, 0.15) is 11.5 Å². The number of nitrogens with zero attached hydrogens (tertiary/aromatic N) is 4. The third kappa shape index (κ3) is 2.55. The number of aromatic nitrogens is 4. The molecule has 0 saturated heterocycles. The summed E-state index contributed by atoms with van der Waals surface area (Å²) < 4.78 is 1.89. The zero-order chi connectivity index (χ0) is 14.8. The van der Waals surface area contributed by atoms with Gasteiger partial charge in [0.05, 0.1) is 17.2 Å². The van der Waals surface area contributed by atoms with Crippen LogP contribution in [0.15, 0.2) is 43.0 Å². The molecular weight excluding hydrogens is 284 g/mol. The molecule has 0 spiro atoms. The number of hydrogen-bond acceptors (Lipinski definition) is 5. The highest BCUT2D eigenvalue weighted by Crippen LogP contribution is 2.21. The van der Waals surface area contributed by atoms with Crippen molar-refractivity contribution in [2.24, 2.45) is 5.73 Å². The van der Waals surface area contributed by atoms with E-state index in [0.29, 0.717) is 28.5 Å². The lowest BCUT2D eigenvalue weighted by Gasteiger charge is -2.16. The minimum absolute atomic E-state index is 0.0882. The van der Waals surface area contributed by atoms with Gasteiger partial charge in [-0.05, 0) is 5.56 Å². The molecule has 2 heterocycles. The predicted octanol–water partition coefficient (Wildman–Crippen LogP) is 1.48. The van der Waals surface area contributed by atoms with Gasteiger partial charge in [0.1, 0.15) is 11.8 Å². The Hall–Kier alpha value is -2.54. The second kappa shape index (κ2) is 5.45. The molecule has 6 nitrogen and oxygen atoms in total. The van der Waals surface area contributed by atoms with Crippen LogP contribution in [0.4, 0.5) is 5.82 Å². The average molecular weight is 298 g/mol. The molecule has 2 aromatic heterocycles. The number of hydrogen-bond donors (Lipinski definition) is 2. The van der Waals surface area contributed by atoms with Crippen LogP contribution in [0.2, 0.25) is 0 Å². The van der Waals surface area contributed by atoms with Crippen molar-refractivity contribution >= 4 is 34.2 Å². The molecule has 3 aromatic rings. The van der Waals surface area contributed by atoms with Crippen LogP contribution in [0, 0.1) is 0 Å². The topological polar surface area (TPSA) is 95.6 Å². The zero-order valence-electron chi connectivity index (χ0n) is 11.2. The molecule has 0 aliphatic carbocycles. The highest BCUT2D eigenvalue weighted by atomic mass is 32.1. The molecule has 1 unspecified atom stereocenters. The van der Waals surface area contributed by atoms with Gasteiger partial charge in [-0.2, -0.15) is 0 Å². The first kappa shape index (κ1) is 13.4. The van der Waals surface area contributed by atoms with Crippen molar-refractivity contribution in [3.63, 3.8) is 0 Å². The number of nitrogen functional groups attached to an aromatic ring is 1. The lowest BCUT2D eigenvalue weighted by molar-refractivity contribution is 0.672. The number of nitrogens with two attached hydrogens (primary N) is 2. The second-order valence-electron chi connectivity index (χ2n) is 4.69. The number of fused-ring (bicyclic) bond motifs is 1. The van der Waals surface area contributed by atoms with Gasteiger partial charge in [-0.15, -0.1) is 0 Å². The van der Waals surface area contributed by atoms with Gasteiger partial charge in [0, 0.05) is 6.54 Å². The summed E-state index contributed by atoms with van der Waals surface area (Å²) in [5.74, 6) is 0.278. The summed E-state index contributed by atoms with van der Waals surface area (Å²) in [7, 11) is 0. The lowest BCUT2D eigenvalue weighted by Crippen LogP contribution is -2.23. The van der Waals surface area contributed by atoms with Crippen LogP contribution in [-0.4, -0.2) is 24.5 Å². The van der Waals surface area contributed by atoms with Crippen molar-refractivity contribution in [2.75, 3.05) is 5.73 Å². The lowest BCUT2D eigenvalue weighted by atomic mass is 9.99. The molecule has 4 N–H and O–H groups in total. The third-order valence-electron chi connectivity index (χ3n) is 3.35. The Bertz CT molecular complexity index is 783. The van der Waals surface area contributed by atoms with E-state index >= 15 is 0 Å². The van der Waals surface area contributed by atoms with Crippen LogP contribution in [0.3, 0.4) is 0 Å². The van der Waals surface area contributed by atoms with Crippen molar-refractivity contribution in [1.82, 2.24) is 19.5 Å². The summed E-state index contributed by atoms with van der Waals surface area (Å²) in [6.45, 7) is 0.562. The molecule has 106 valence electrons. The molecule has 1 atom stereocenters. The van der Waals surface area contributed by atoms with E-state index in [1.807, 2.05) is 34.9 Å². The Morgan fingerprint density at radius 1 is 1.19 bits per heavy atom. The van der Waals surface area contributed by atoms with Crippen molar-refractivity contribution in [2.45, 2.75) is 12.5 Å². The number of rotatable bonds is 4. The summed E-state index contributed by atoms with van der Waals surface area (Å²) >= 11 is 5.21. The Kier molecular flexibility index (Phi) is 3.49. The van der Waals surface area contributed by atoms with Crippen molar-refractivity contribution < 1.29 is 0 Å². The highest BCUT2D eigenvalue weighted by molar-refractivity contribution is 7.80. The van der Waals surface area contributed by atoms with Crippen LogP contribution in [-0.2, 0) is 6.54 Å². The molecule has 21 heavy (non-hydrogen) atoms. The summed E-state index contributed by atoms with van der Waals surface area (Å²) in [5, 5.41) is 0. The van der Waals surface area contributed by atoms with Gasteiger partial charge in [-0.3, -0.25) is 0 Å². The molecule has 0 aliphatic rings. The molecule has 0 amide bonds. The van der Waals surface area contributed by atoms with Crippen molar-refractivity contribution in [3.8, 4) is 0 Å². The zero-order valence-corrected chi connectivity index (χ0v) is 12.0. The van der Waals surface area contributed by atoms with Gasteiger partial charge in [0.15, 0.2) is 11.5 Å². The Morgan fingerprint density at radius 3 is 2.67 bits per heavy atom. The fourth-order valence-corrected chi connectivity index (χ4v) is 2.48. The van der Waals surface area contributed by atoms with Gasteiger partial charge in [-0.1, -0.05) is 42.5 Å². The number of imidazole rings is 1. The maximum absolute atomic E-state index is 5.90. The summed E-state index contributed by atoms with van der Waals surface area (Å²) in [5.41, 5.74) is 14.0. The van der Waals surface area contributed by atoms with Crippen molar-refractivity contribution in [1.29, 1.82) is 0 Å². The molecule has 0 fully saturated rings. The molecule has 0 bridgehead atoms. The number of anilines is 1. The quantitative estimate of drug-likeness (QED) is 0.708. The number of thiocarbonyl (C=S) groups is 1. The third-order valence-corrected chi connectivity index (χ3v) is 3.64. The van der Waals surface area contributed by atoms with Crippen molar-refractivity contribution in [3.05, 3.63) is 48.5 Å².